The maximum absolute atomic E-state index is 12.8. The van der Waals surface area contributed by atoms with Crippen molar-refractivity contribution in [2.45, 2.75) is 12.8 Å². The maximum Gasteiger partial charge on any atom is 0.253 e. The van der Waals surface area contributed by atoms with Crippen LogP contribution in [0.1, 0.15) is 23.2 Å². The number of benzene rings is 2. The third-order valence-corrected chi connectivity index (χ3v) is 5.22. The van der Waals surface area contributed by atoms with Crippen LogP contribution >= 0.6 is 0 Å². The molecule has 2 aromatic carbocycles. The highest BCUT2D eigenvalue weighted by atomic mass is 16.5. The van der Waals surface area contributed by atoms with E-state index in [1.807, 2.05) is 48.5 Å². The Kier molecular flexibility index (Phi) is 4.94. The molecular weight excluding hydrogens is 350 g/mol. The molecule has 0 radical (unpaired) electrons. The minimum atomic E-state index is -0.0649. The summed E-state index contributed by atoms with van der Waals surface area (Å²) in [7, 11) is 1.61. The molecule has 1 aliphatic rings. The number of amides is 1. The molecule has 1 aromatic heterocycles. The van der Waals surface area contributed by atoms with Gasteiger partial charge in [-0.3, -0.25) is 4.79 Å². The van der Waals surface area contributed by atoms with Gasteiger partial charge in [0.1, 0.15) is 0 Å². The summed E-state index contributed by atoms with van der Waals surface area (Å²) in [5.74, 6) is 0.477. The minimum Gasteiger partial charge on any atom is -0.481 e. The molecule has 1 fully saturated rings. The fourth-order valence-electron chi connectivity index (χ4n) is 3.70. The molecule has 2 heterocycles. The molecular formula is C23H21N3O2. The van der Waals surface area contributed by atoms with Crippen LogP contribution in [0.2, 0.25) is 0 Å². The van der Waals surface area contributed by atoms with Crippen molar-refractivity contribution < 1.29 is 9.53 Å². The molecule has 1 saturated heterocycles. The van der Waals surface area contributed by atoms with Crippen LogP contribution in [0.15, 0.2) is 54.6 Å². The predicted molar refractivity (Wildman–Crippen MR) is 108 cm³/mol. The van der Waals surface area contributed by atoms with Gasteiger partial charge < -0.3 is 9.64 Å². The average Bonchev–Trinajstić information content (AvgIpc) is 2.77. The Morgan fingerprint density at radius 2 is 2.00 bits per heavy atom. The van der Waals surface area contributed by atoms with Gasteiger partial charge in [0.2, 0.25) is 5.88 Å². The number of carbonyl (C=O) groups is 1. The largest absolute Gasteiger partial charge is 0.481 e. The van der Waals surface area contributed by atoms with Crippen LogP contribution in [0.4, 0.5) is 0 Å². The highest BCUT2D eigenvalue weighted by molar-refractivity contribution is 5.95. The van der Waals surface area contributed by atoms with E-state index in [0.29, 0.717) is 24.5 Å². The highest BCUT2D eigenvalue weighted by Gasteiger charge is 2.24. The van der Waals surface area contributed by atoms with E-state index in [1.54, 1.807) is 12.0 Å². The van der Waals surface area contributed by atoms with Crippen molar-refractivity contribution in [2.75, 3.05) is 20.2 Å². The molecule has 5 heteroatoms. The number of carbonyl (C=O) groups excluding carboxylic acids is 1. The summed E-state index contributed by atoms with van der Waals surface area (Å²) in [5, 5.41) is 10.2. The number of nitriles is 1. The van der Waals surface area contributed by atoms with E-state index in [-0.39, 0.29) is 11.8 Å². The molecule has 1 atom stereocenters. The van der Waals surface area contributed by atoms with Crippen LogP contribution in [-0.4, -0.2) is 36.0 Å². The van der Waals surface area contributed by atoms with Gasteiger partial charge in [-0.05, 0) is 42.7 Å². The minimum absolute atomic E-state index is 0.0184. The molecule has 3 aromatic rings. The van der Waals surface area contributed by atoms with Crippen molar-refractivity contribution in [3.63, 3.8) is 0 Å². The molecule has 1 amide bonds. The van der Waals surface area contributed by atoms with Gasteiger partial charge in [-0.2, -0.15) is 5.26 Å². The molecule has 0 bridgehead atoms. The standard InChI is InChI=1S/C23H21N3O2/c1-28-22-20(13-19-6-2-3-7-21(19)25-22)17-8-10-18(11-9-17)23(27)26-12-4-5-16(14-24)15-26/h2-3,6-11,13,16H,4-5,12,15H2,1H3/t16-/m1/s1. The van der Waals surface area contributed by atoms with Crippen molar-refractivity contribution in [1.29, 1.82) is 5.26 Å². The quantitative estimate of drug-likeness (QED) is 0.689. The van der Waals surface area contributed by atoms with Crippen LogP contribution in [-0.2, 0) is 0 Å². The van der Waals surface area contributed by atoms with Crippen LogP contribution in [0.25, 0.3) is 22.0 Å². The molecule has 4 rings (SSSR count). The van der Waals surface area contributed by atoms with Crippen LogP contribution in [0.5, 0.6) is 5.88 Å². The fraction of sp³-hybridized carbons (Fsp3) is 0.261. The molecule has 140 valence electrons. The zero-order valence-electron chi connectivity index (χ0n) is 15.8. The fourth-order valence-corrected chi connectivity index (χ4v) is 3.70. The first-order valence-corrected chi connectivity index (χ1v) is 9.42. The topological polar surface area (TPSA) is 66.2 Å². The summed E-state index contributed by atoms with van der Waals surface area (Å²) in [6, 6.07) is 19.8. The molecule has 0 spiro atoms. The lowest BCUT2D eigenvalue weighted by atomic mass is 9.98. The van der Waals surface area contributed by atoms with E-state index in [1.165, 1.54) is 0 Å². The van der Waals surface area contributed by atoms with E-state index in [9.17, 15) is 4.79 Å². The van der Waals surface area contributed by atoms with Crippen molar-refractivity contribution >= 4 is 16.8 Å². The Morgan fingerprint density at radius 3 is 2.75 bits per heavy atom. The second-order valence-corrected chi connectivity index (χ2v) is 7.03. The Labute approximate surface area is 164 Å². The van der Waals surface area contributed by atoms with Gasteiger partial charge >= 0.3 is 0 Å². The molecule has 0 N–H and O–H groups in total. The highest BCUT2D eigenvalue weighted by Crippen LogP contribution is 2.32. The van der Waals surface area contributed by atoms with Crippen molar-refractivity contribution in [1.82, 2.24) is 9.88 Å². The van der Waals surface area contributed by atoms with Crippen LogP contribution < -0.4 is 4.74 Å². The Balaban J connectivity index is 1.62. The Hall–Kier alpha value is -3.39. The number of methoxy groups -OCH3 is 1. The molecule has 28 heavy (non-hydrogen) atoms. The summed E-state index contributed by atoms with van der Waals surface area (Å²) < 4.78 is 5.49. The summed E-state index contributed by atoms with van der Waals surface area (Å²) in [6.45, 7) is 1.22. The molecule has 0 unspecified atom stereocenters. The second kappa shape index (κ2) is 7.69. The molecule has 0 aliphatic carbocycles. The smallest absolute Gasteiger partial charge is 0.253 e. The van der Waals surface area contributed by atoms with Gasteiger partial charge in [0.25, 0.3) is 5.91 Å². The van der Waals surface area contributed by atoms with Gasteiger partial charge in [-0.1, -0.05) is 30.3 Å². The van der Waals surface area contributed by atoms with E-state index < -0.39 is 0 Å². The Morgan fingerprint density at radius 1 is 1.21 bits per heavy atom. The first-order valence-electron chi connectivity index (χ1n) is 9.42. The molecule has 5 nitrogen and oxygen atoms in total. The number of piperidine rings is 1. The van der Waals surface area contributed by atoms with E-state index in [4.69, 9.17) is 10.00 Å². The van der Waals surface area contributed by atoms with Gasteiger partial charge in [0.05, 0.1) is 24.6 Å². The van der Waals surface area contributed by atoms with Gasteiger partial charge in [0.15, 0.2) is 0 Å². The first kappa shape index (κ1) is 18.0. The number of hydrogen-bond acceptors (Lipinski definition) is 4. The zero-order valence-corrected chi connectivity index (χ0v) is 15.8. The molecule has 1 aliphatic heterocycles. The predicted octanol–water partition coefficient (Wildman–Crippen LogP) is 4.29. The average molecular weight is 371 g/mol. The number of aromatic nitrogens is 1. The second-order valence-electron chi connectivity index (χ2n) is 7.03. The number of pyridine rings is 1. The lowest BCUT2D eigenvalue weighted by molar-refractivity contribution is 0.0699. The number of hydrogen-bond donors (Lipinski definition) is 0. The van der Waals surface area contributed by atoms with Gasteiger partial charge in [-0.15, -0.1) is 0 Å². The van der Waals surface area contributed by atoms with Gasteiger partial charge in [0, 0.05) is 29.6 Å². The number of ether oxygens (including phenoxy) is 1. The number of para-hydroxylation sites is 1. The number of rotatable bonds is 3. The number of nitrogens with zero attached hydrogens (tertiary/aromatic N) is 3. The lowest BCUT2D eigenvalue weighted by Gasteiger charge is -2.29. The third kappa shape index (κ3) is 3.41. The van der Waals surface area contributed by atoms with E-state index >= 15 is 0 Å². The zero-order chi connectivity index (χ0) is 19.5. The number of likely N-dealkylation sites (tertiary alicyclic amines) is 1. The Bertz CT molecular complexity index is 1050. The lowest BCUT2D eigenvalue weighted by Crippen LogP contribution is -2.39. The van der Waals surface area contributed by atoms with Crippen LogP contribution in [0.3, 0.4) is 0 Å². The summed E-state index contributed by atoms with van der Waals surface area (Å²) in [6.07, 6.45) is 1.75. The SMILES string of the molecule is COc1nc2ccccc2cc1-c1ccc(C(=O)N2CCC[C@H](C#N)C2)cc1. The maximum atomic E-state index is 12.8. The van der Waals surface area contributed by atoms with E-state index in [0.717, 1.165) is 34.9 Å². The number of fused-ring (bicyclic) bond motifs is 1. The van der Waals surface area contributed by atoms with Crippen molar-refractivity contribution in [2.24, 2.45) is 5.92 Å². The monoisotopic (exact) mass is 371 g/mol. The van der Waals surface area contributed by atoms with Crippen molar-refractivity contribution in [3.05, 3.63) is 60.2 Å². The van der Waals surface area contributed by atoms with Crippen molar-refractivity contribution in [3.8, 4) is 23.1 Å². The molecule has 0 saturated carbocycles. The summed E-state index contributed by atoms with van der Waals surface area (Å²) >= 11 is 0. The first-order chi connectivity index (χ1) is 13.7. The normalized spacial score (nSPS) is 16.6. The third-order valence-electron chi connectivity index (χ3n) is 5.22. The summed E-state index contributed by atoms with van der Waals surface area (Å²) in [4.78, 5) is 19.2. The van der Waals surface area contributed by atoms with Crippen LogP contribution in [0, 0.1) is 17.2 Å². The summed E-state index contributed by atoms with van der Waals surface area (Å²) in [5.41, 5.74) is 3.35. The van der Waals surface area contributed by atoms with E-state index in [2.05, 4.69) is 17.1 Å². The van der Waals surface area contributed by atoms with Gasteiger partial charge in [-0.25, -0.2) is 4.98 Å².